The van der Waals surface area contributed by atoms with E-state index in [9.17, 15) is 19.8 Å². The molecule has 1 aliphatic rings. The van der Waals surface area contributed by atoms with Gasteiger partial charge in [0, 0.05) is 0 Å². The zero-order chi connectivity index (χ0) is 12.9. The Kier molecular flexibility index (Phi) is 2.01. The molecule has 0 heterocycles. The maximum Gasteiger partial charge on any atom is 0.238 e. The Balaban J connectivity index is 2.46. The van der Waals surface area contributed by atoms with Crippen LogP contribution >= 0.6 is 0 Å². The number of carbonyl (C=O) groups is 2. The standard InChI is InChI=1S/C14H8O4/c15-9-5-1-3-7-8-4-2-6-10(16)12(8)14(18)13(17)11(7)9/h1-6,15-16H. The molecule has 2 N–H and O–H groups in total. The molecule has 1 aliphatic carbocycles. The summed E-state index contributed by atoms with van der Waals surface area (Å²) in [5, 5.41) is 19.4. The number of ketones is 2. The number of aromatic hydroxyl groups is 2. The lowest BCUT2D eigenvalue weighted by molar-refractivity contribution is 0.0811. The second kappa shape index (κ2) is 3.43. The van der Waals surface area contributed by atoms with Gasteiger partial charge in [-0.05, 0) is 23.3 Å². The molecule has 0 aliphatic heterocycles. The Morgan fingerprint density at radius 3 is 1.44 bits per heavy atom. The van der Waals surface area contributed by atoms with Gasteiger partial charge in [0.25, 0.3) is 0 Å². The smallest absolute Gasteiger partial charge is 0.238 e. The molecule has 0 radical (unpaired) electrons. The molecular weight excluding hydrogens is 232 g/mol. The molecule has 0 atom stereocenters. The number of carbonyl (C=O) groups excluding carboxylic acids is 2. The Morgan fingerprint density at radius 1 is 0.667 bits per heavy atom. The monoisotopic (exact) mass is 240 g/mol. The van der Waals surface area contributed by atoms with Crippen LogP contribution < -0.4 is 0 Å². The number of hydrogen-bond acceptors (Lipinski definition) is 4. The van der Waals surface area contributed by atoms with E-state index in [-0.39, 0.29) is 22.6 Å². The van der Waals surface area contributed by atoms with Gasteiger partial charge >= 0.3 is 0 Å². The van der Waals surface area contributed by atoms with E-state index in [2.05, 4.69) is 0 Å². The number of fused-ring (bicyclic) bond motifs is 3. The highest BCUT2D eigenvalue weighted by Crippen LogP contribution is 2.40. The van der Waals surface area contributed by atoms with Gasteiger partial charge < -0.3 is 10.2 Å². The molecule has 0 amide bonds. The average Bonchev–Trinajstić information content (AvgIpc) is 2.35. The third kappa shape index (κ3) is 1.20. The van der Waals surface area contributed by atoms with E-state index in [1.165, 1.54) is 12.1 Å². The summed E-state index contributed by atoms with van der Waals surface area (Å²) in [6.07, 6.45) is 0. The van der Waals surface area contributed by atoms with Crippen LogP contribution in [-0.4, -0.2) is 21.8 Å². The number of phenols is 2. The molecule has 88 valence electrons. The van der Waals surface area contributed by atoms with Crippen LogP contribution in [0, 0.1) is 0 Å². The molecule has 0 spiro atoms. The van der Waals surface area contributed by atoms with Crippen LogP contribution in [0.2, 0.25) is 0 Å². The lowest BCUT2D eigenvalue weighted by atomic mass is 9.83. The molecule has 0 saturated heterocycles. The number of hydrogen-bond donors (Lipinski definition) is 2. The summed E-state index contributed by atoms with van der Waals surface area (Å²) in [6, 6.07) is 9.17. The number of rotatable bonds is 0. The molecule has 2 aromatic rings. The van der Waals surface area contributed by atoms with Crippen LogP contribution in [0.25, 0.3) is 11.1 Å². The first-order valence-electron chi connectivity index (χ1n) is 5.34. The van der Waals surface area contributed by atoms with Crippen molar-refractivity contribution in [1.82, 2.24) is 0 Å². The third-order valence-electron chi connectivity index (χ3n) is 3.04. The van der Waals surface area contributed by atoms with Crippen molar-refractivity contribution in [3.05, 3.63) is 47.5 Å². The van der Waals surface area contributed by atoms with Crippen LogP contribution in [0.3, 0.4) is 0 Å². The van der Waals surface area contributed by atoms with Gasteiger partial charge in [0.1, 0.15) is 11.5 Å². The summed E-state index contributed by atoms with van der Waals surface area (Å²) >= 11 is 0. The molecule has 0 fully saturated rings. The first-order chi connectivity index (χ1) is 8.61. The molecular formula is C14H8O4. The highest BCUT2D eigenvalue weighted by molar-refractivity contribution is 6.54. The summed E-state index contributed by atoms with van der Waals surface area (Å²) in [7, 11) is 0. The van der Waals surface area contributed by atoms with E-state index in [0.29, 0.717) is 11.1 Å². The third-order valence-corrected chi connectivity index (χ3v) is 3.04. The maximum absolute atomic E-state index is 11.9. The van der Waals surface area contributed by atoms with Crippen LogP contribution in [0.15, 0.2) is 36.4 Å². The van der Waals surface area contributed by atoms with Crippen molar-refractivity contribution in [3.63, 3.8) is 0 Å². The van der Waals surface area contributed by atoms with E-state index >= 15 is 0 Å². The zero-order valence-electron chi connectivity index (χ0n) is 9.18. The van der Waals surface area contributed by atoms with Crippen molar-refractivity contribution in [2.24, 2.45) is 0 Å². The van der Waals surface area contributed by atoms with E-state index in [1.807, 2.05) is 0 Å². The van der Waals surface area contributed by atoms with Gasteiger partial charge in [-0.15, -0.1) is 0 Å². The van der Waals surface area contributed by atoms with Crippen molar-refractivity contribution in [2.45, 2.75) is 0 Å². The Labute approximate surface area is 102 Å². The molecule has 0 aromatic heterocycles. The zero-order valence-corrected chi connectivity index (χ0v) is 9.18. The fourth-order valence-corrected chi connectivity index (χ4v) is 2.23. The summed E-state index contributed by atoms with van der Waals surface area (Å²) in [5.41, 5.74) is 0.928. The SMILES string of the molecule is O=C1C(=O)c2c(O)cccc2-c2cccc(O)c21. The second-order valence-corrected chi connectivity index (χ2v) is 4.06. The van der Waals surface area contributed by atoms with E-state index in [0.717, 1.165) is 0 Å². The van der Waals surface area contributed by atoms with E-state index < -0.39 is 11.6 Å². The van der Waals surface area contributed by atoms with Crippen LogP contribution in [0.1, 0.15) is 20.7 Å². The van der Waals surface area contributed by atoms with Crippen molar-refractivity contribution in [2.75, 3.05) is 0 Å². The molecule has 18 heavy (non-hydrogen) atoms. The fraction of sp³-hybridized carbons (Fsp3) is 0. The number of Topliss-reactive ketones (excluding diaryl/α,β-unsaturated/α-hetero) is 2. The summed E-state index contributed by atoms with van der Waals surface area (Å²) in [6.45, 7) is 0. The Morgan fingerprint density at radius 2 is 1.06 bits per heavy atom. The summed E-state index contributed by atoms with van der Waals surface area (Å²) in [4.78, 5) is 23.9. The minimum atomic E-state index is -0.794. The highest BCUT2D eigenvalue weighted by atomic mass is 16.3. The highest BCUT2D eigenvalue weighted by Gasteiger charge is 2.34. The largest absolute Gasteiger partial charge is 0.507 e. The summed E-state index contributed by atoms with van der Waals surface area (Å²) in [5.74, 6) is -2.03. The van der Waals surface area contributed by atoms with Crippen molar-refractivity contribution in [1.29, 1.82) is 0 Å². The van der Waals surface area contributed by atoms with Gasteiger partial charge in [-0.1, -0.05) is 24.3 Å². The van der Waals surface area contributed by atoms with E-state index in [4.69, 9.17) is 0 Å². The number of phenolic OH excluding ortho intramolecular Hbond substituents is 2. The van der Waals surface area contributed by atoms with Crippen molar-refractivity contribution in [3.8, 4) is 22.6 Å². The van der Waals surface area contributed by atoms with Gasteiger partial charge in [0.2, 0.25) is 11.6 Å². The summed E-state index contributed by atoms with van der Waals surface area (Å²) < 4.78 is 0. The van der Waals surface area contributed by atoms with Gasteiger partial charge in [0.05, 0.1) is 11.1 Å². The van der Waals surface area contributed by atoms with Crippen LogP contribution in [0.5, 0.6) is 11.5 Å². The van der Waals surface area contributed by atoms with Crippen LogP contribution in [0.4, 0.5) is 0 Å². The first kappa shape index (κ1) is 10.5. The minimum Gasteiger partial charge on any atom is -0.507 e. The lowest BCUT2D eigenvalue weighted by Crippen LogP contribution is -2.21. The molecule has 0 bridgehead atoms. The topological polar surface area (TPSA) is 74.6 Å². The lowest BCUT2D eigenvalue weighted by Gasteiger charge is -2.19. The molecule has 4 nitrogen and oxygen atoms in total. The molecule has 2 aromatic carbocycles. The first-order valence-corrected chi connectivity index (χ1v) is 5.34. The minimum absolute atomic E-state index is 0.000556. The molecule has 4 heteroatoms. The second-order valence-electron chi connectivity index (χ2n) is 4.06. The van der Waals surface area contributed by atoms with Gasteiger partial charge in [-0.3, -0.25) is 9.59 Å². The molecule has 0 unspecified atom stereocenters. The normalized spacial score (nSPS) is 13.1. The average molecular weight is 240 g/mol. The molecule has 0 saturated carbocycles. The predicted octanol–water partition coefficient (Wildman–Crippen LogP) is 2.14. The van der Waals surface area contributed by atoms with E-state index in [1.54, 1.807) is 24.3 Å². The molecule has 3 rings (SSSR count). The quantitative estimate of drug-likeness (QED) is 0.692. The van der Waals surface area contributed by atoms with Gasteiger partial charge in [-0.2, -0.15) is 0 Å². The maximum atomic E-state index is 11.9. The fourth-order valence-electron chi connectivity index (χ4n) is 2.23. The Hall–Kier alpha value is -2.62. The van der Waals surface area contributed by atoms with Gasteiger partial charge in [0.15, 0.2) is 0 Å². The van der Waals surface area contributed by atoms with Gasteiger partial charge in [-0.25, -0.2) is 0 Å². The predicted molar refractivity (Wildman–Crippen MR) is 63.9 cm³/mol. The number of benzene rings is 2. The van der Waals surface area contributed by atoms with Crippen molar-refractivity contribution >= 4 is 11.6 Å². The van der Waals surface area contributed by atoms with Crippen molar-refractivity contribution < 1.29 is 19.8 Å². The van der Waals surface area contributed by atoms with Crippen LogP contribution in [-0.2, 0) is 0 Å². The Bertz CT molecular complexity index is 639.